The van der Waals surface area contributed by atoms with Crippen LogP contribution in [-0.2, 0) is 14.3 Å². The van der Waals surface area contributed by atoms with Crippen molar-refractivity contribution in [1.82, 2.24) is 0 Å². The Labute approximate surface area is 185 Å². The van der Waals surface area contributed by atoms with Gasteiger partial charge in [-0.1, -0.05) is 32.0 Å². The molecule has 32 heavy (non-hydrogen) atoms. The van der Waals surface area contributed by atoms with Gasteiger partial charge in [-0.25, -0.2) is 4.79 Å². The number of hydrogen-bond donors (Lipinski definition) is 0. The highest BCUT2D eigenvalue weighted by molar-refractivity contribution is 6.23. The Balaban J connectivity index is 2.12. The molecule has 0 aliphatic carbocycles. The summed E-state index contributed by atoms with van der Waals surface area (Å²) in [6, 6.07) is 11.8. The molecular weight excluding hydrogens is 412 g/mol. The lowest BCUT2D eigenvalue weighted by atomic mass is 10.0. The van der Waals surface area contributed by atoms with Crippen LogP contribution in [0.3, 0.4) is 0 Å². The number of carbonyl (C=O) groups is 2. The van der Waals surface area contributed by atoms with Gasteiger partial charge >= 0.3 is 11.7 Å². The van der Waals surface area contributed by atoms with Crippen molar-refractivity contribution in [2.75, 3.05) is 19.1 Å². The summed E-state index contributed by atoms with van der Waals surface area (Å²) in [5.41, 5.74) is 2.51. The number of nitrogens with zero attached hydrogens (tertiary/aromatic N) is 2. The quantitative estimate of drug-likeness (QED) is 0.284. The van der Waals surface area contributed by atoms with Crippen LogP contribution >= 0.6 is 0 Å². The van der Waals surface area contributed by atoms with E-state index in [1.54, 1.807) is 13.0 Å². The molecule has 0 radical (unpaired) electrons. The van der Waals surface area contributed by atoms with Crippen LogP contribution < -0.4 is 9.64 Å². The zero-order valence-corrected chi connectivity index (χ0v) is 18.5. The maximum Gasteiger partial charge on any atom is 0.340 e. The van der Waals surface area contributed by atoms with E-state index < -0.39 is 16.8 Å². The highest BCUT2D eigenvalue weighted by Gasteiger charge is 2.38. The van der Waals surface area contributed by atoms with E-state index in [-0.39, 0.29) is 22.6 Å². The molecule has 0 bridgehead atoms. The van der Waals surface area contributed by atoms with Crippen LogP contribution in [0.25, 0.3) is 6.08 Å². The van der Waals surface area contributed by atoms with Crippen LogP contribution in [0.15, 0.2) is 59.3 Å². The SMILES string of the molecule is COC(=O)C1=C(C)N(c2ccc(C(C)C)cc2)C(=O)/C1=C\c1ccc(OC)c([N+](=O)[O-])c1. The lowest BCUT2D eigenvalue weighted by Crippen LogP contribution is -2.24. The molecule has 8 heteroatoms. The molecule has 166 valence electrons. The summed E-state index contributed by atoms with van der Waals surface area (Å²) in [5, 5.41) is 11.4. The summed E-state index contributed by atoms with van der Waals surface area (Å²) in [6.07, 6.45) is 1.45. The lowest BCUT2D eigenvalue weighted by molar-refractivity contribution is -0.385. The highest BCUT2D eigenvalue weighted by Crippen LogP contribution is 2.37. The third-order valence-electron chi connectivity index (χ3n) is 5.32. The highest BCUT2D eigenvalue weighted by atomic mass is 16.6. The van der Waals surface area contributed by atoms with Gasteiger partial charge in [-0.2, -0.15) is 0 Å². The molecule has 2 aromatic rings. The Morgan fingerprint density at radius 2 is 1.78 bits per heavy atom. The van der Waals surface area contributed by atoms with E-state index >= 15 is 0 Å². The number of ether oxygens (including phenoxy) is 2. The number of nitro groups is 1. The van der Waals surface area contributed by atoms with Crippen LogP contribution in [0.1, 0.15) is 37.8 Å². The Bertz CT molecular complexity index is 1150. The number of rotatable bonds is 6. The van der Waals surface area contributed by atoms with Crippen LogP contribution in [0.4, 0.5) is 11.4 Å². The number of hydrogen-bond acceptors (Lipinski definition) is 6. The molecule has 8 nitrogen and oxygen atoms in total. The molecule has 1 aliphatic rings. The van der Waals surface area contributed by atoms with Crippen molar-refractivity contribution in [3.63, 3.8) is 0 Å². The minimum absolute atomic E-state index is 0.0988. The summed E-state index contributed by atoms with van der Waals surface area (Å²) < 4.78 is 9.94. The summed E-state index contributed by atoms with van der Waals surface area (Å²) in [5.74, 6) is -0.645. The first-order valence-corrected chi connectivity index (χ1v) is 9.97. The maximum absolute atomic E-state index is 13.4. The molecule has 1 amide bonds. The van der Waals surface area contributed by atoms with Crippen molar-refractivity contribution in [3.8, 4) is 5.75 Å². The standard InChI is InChI=1S/C24H24N2O6/c1-14(2)17-7-9-18(10-8-17)25-15(3)22(24(28)32-5)19(23(25)27)12-16-6-11-21(31-4)20(13-16)26(29)30/h6-14H,1-5H3/b19-12-. The van der Waals surface area contributed by atoms with Crippen molar-refractivity contribution in [1.29, 1.82) is 0 Å². The molecule has 3 rings (SSSR count). The third-order valence-corrected chi connectivity index (χ3v) is 5.32. The van der Waals surface area contributed by atoms with E-state index in [0.29, 0.717) is 22.9 Å². The van der Waals surface area contributed by atoms with Gasteiger partial charge in [0.1, 0.15) is 0 Å². The molecule has 0 spiro atoms. The smallest absolute Gasteiger partial charge is 0.340 e. The fourth-order valence-electron chi connectivity index (χ4n) is 3.61. The Kier molecular flexibility index (Phi) is 6.43. The van der Waals surface area contributed by atoms with E-state index in [4.69, 9.17) is 9.47 Å². The zero-order chi connectivity index (χ0) is 23.6. The summed E-state index contributed by atoms with van der Waals surface area (Å²) in [7, 11) is 2.58. The van der Waals surface area contributed by atoms with Gasteiger partial charge in [-0.15, -0.1) is 0 Å². The number of esters is 1. The van der Waals surface area contributed by atoms with E-state index in [1.165, 1.54) is 37.3 Å². The second-order valence-corrected chi connectivity index (χ2v) is 7.59. The van der Waals surface area contributed by atoms with Crippen molar-refractivity contribution in [3.05, 3.63) is 80.5 Å². The van der Waals surface area contributed by atoms with Gasteiger partial charge in [0.15, 0.2) is 5.75 Å². The third kappa shape index (κ3) is 4.12. The molecule has 0 unspecified atom stereocenters. The average molecular weight is 436 g/mol. The summed E-state index contributed by atoms with van der Waals surface area (Å²) in [4.78, 5) is 38.1. The first-order valence-electron chi connectivity index (χ1n) is 9.97. The maximum atomic E-state index is 13.4. The largest absolute Gasteiger partial charge is 0.490 e. The monoisotopic (exact) mass is 436 g/mol. The van der Waals surface area contributed by atoms with Crippen LogP contribution in [0.5, 0.6) is 5.75 Å². The minimum atomic E-state index is -0.661. The number of benzene rings is 2. The summed E-state index contributed by atoms with van der Waals surface area (Å²) >= 11 is 0. The van der Waals surface area contributed by atoms with Crippen molar-refractivity contribution >= 4 is 29.3 Å². The topological polar surface area (TPSA) is 99.0 Å². The first kappa shape index (κ1) is 22.7. The van der Waals surface area contributed by atoms with Crippen molar-refractivity contribution < 1.29 is 24.0 Å². The van der Waals surface area contributed by atoms with Crippen LogP contribution in [0, 0.1) is 10.1 Å². The van der Waals surface area contributed by atoms with E-state index in [9.17, 15) is 19.7 Å². The average Bonchev–Trinajstić information content (AvgIpc) is 3.02. The normalized spacial score (nSPS) is 15.0. The number of methoxy groups -OCH3 is 2. The van der Waals surface area contributed by atoms with E-state index in [1.807, 2.05) is 24.3 Å². The van der Waals surface area contributed by atoms with Gasteiger partial charge in [0.25, 0.3) is 5.91 Å². The van der Waals surface area contributed by atoms with E-state index in [0.717, 1.165) is 5.56 Å². The zero-order valence-electron chi connectivity index (χ0n) is 18.5. The Morgan fingerprint density at radius 1 is 1.12 bits per heavy atom. The van der Waals surface area contributed by atoms with Crippen molar-refractivity contribution in [2.45, 2.75) is 26.7 Å². The molecule has 0 aromatic heterocycles. The fourth-order valence-corrected chi connectivity index (χ4v) is 3.61. The van der Waals surface area contributed by atoms with Gasteiger partial charge in [-0.05, 0) is 48.2 Å². The number of allylic oxidation sites excluding steroid dienone is 1. The van der Waals surface area contributed by atoms with Gasteiger partial charge in [0.2, 0.25) is 0 Å². The predicted octanol–water partition coefficient (Wildman–Crippen LogP) is 4.60. The number of anilines is 1. The van der Waals surface area contributed by atoms with Gasteiger partial charge in [0.05, 0.1) is 30.3 Å². The van der Waals surface area contributed by atoms with Gasteiger partial charge in [-0.3, -0.25) is 19.8 Å². The van der Waals surface area contributed by atoms with Crippen LogP contribution in [-0.4, -0.2) is 31.0 Å². The molecule has 1 heterocycles. The number of carbonyl (C=O) groups excluding carboxylic acids is 2. The summed E-state index contributed by atoms with van der Waals surface area (Å²) in [6.45, 7) is 5.81. The minimum Gasteiger partial charge on any atom is -0.490 e. The Hall–Kier alpha value is -3.94. The van der Waals surface area contributed by atoms with Crippen LogP contribution in [0.2, 0.25) is 0 Å². The van der Waals surface area contributed by atoms with Gasteiger partial charge in [0, 0.05) is 17.5 Å². The second kappa shape index (κ2) is 9.05. The lowest BCUT2D eigenvalue weighted by Gasteiger charge is -2.19. The van der Waals surface area contributed by atoms with Gasteiger partial charge < -0.3 is 9.47 Å². The second-order valence-electron chi connectivity index (χ2n) is 7.59. The number of nitro benzene ring substituents is 1. The number of amides is 1. The molecule has 0 saturated heterocycles. The molecule has 0 atom stereocenters. The van der Waals surface area contributed by atoms with E-state index in [2.05, 4.69) is 13.8 Å². The first-order chi connectivity index (χ1) is 15.2. The fraction of sp³-hybridized carbons (Fsp3) is 0.250. The predicted molar refractivity (Wildman–Crippen MR) is 120 cm³/mol. The molecule has 2 aromatic carbocycles. The molecule has 0 fully saturated rings. The Morgan fingerprint density at radius 3 is 2.31 bits per heavy atom. The molecule has 0 N–H and O–H groups in total. The van der Waals surface area contributed by atoms with Crippen molar-refractivity contribution in [2.24, 2.45) is 0 Å². The molecule has 0 saturated carbocycles. The molecular formula is C24H24N2O6. The molecule has 1 aliphatic heterocycles.